The highest BCUT2D eigenvalue weighted by Gasteiger charge is 2.16. The third kappa shape index (κ3) is 4.17. The van der Waals surface area contributed by atoms with Gasteiger partial charge in [0.25, 0.3) is 5.91 Å². The molecule has 0 N–H and O–H groups in total. The number of hydrogen-bond acceptors (Lipinski definition) is 4. The van der Waals surface area contributed by atoms with E-state index in [9.17, 15) is 4.79 Å². The van der Waals surface area contributed by atoms with Crippen LogP contribution in [-0.2, 0) is 0 Å². The molecule has 136 valence electrons. The summed E-state index contributed by atoms with van der Waals surface area (Å²) in [4.78, 5) is 14.7. The van der Waals surface area contributed by atoms with Gasteiger partial charge in [-0.2, -0.15) is 0 Å². The summed E-state index contributed by atoms with van der Waals surface area (Å²) >= 11 is 0. The number of benzene rings is 2. The van der Waals surface area contributed by atoms with Crippen LogP contribution < -0.4 is 0 Å². The van der Waals surface area contributed by atoms with Crippen molar-refractivity contribution in [3.63, 3.8) is 0 Å². The second-order valence-electron chi connectivity index (χ2n) is 6.18. The second kappa shape index (κ2) is 8.23. The van der Waals surface area contributed by atoms with Crippen LogP contribution in [0, 0.1) is 6.92 Å². The summed E-state index contributed by atoms with van der Waals surface area (Å²) in [5.74, 6) is -0.0985. The summed E-state index contributed by atoms with van der Waals surface area (Å²) in [5.41, 5.74) is 4.38. The van der Waals surface area contributed by atoms with Gasteiger partial charge in [-0.3, -0.25) is 4.79 Å². The average Bonchev–Trinajstić information content (AvgIpc) is 3.22. The van der Waals surface area contributed by atoms with Crippen molar-refractivity contribution in [2.45, 2.75) is 6.92 Å². The molecule has 0 aliphatic heterocycles. The molecule has 2 aromatic carbocycles. The van der Waals surface area contributed by atoms with Crippen LogP contribution in [0.5, 0.6) is 0 Å². The number of aryl methyl sites for hydroxylation is 1. The maximum atomic E-state index is 13.1. The van der Waals surface area contributed by atoms with Gasteiger partial charge < -0.3 is 4.90 Å². The van der Waals surface area contributed by atoms with Gasteiger partial charge in [0.05, 0.1) is 5.69 Å². The van der Waals surface area contributed by atoms with Crippen LogP contribution >= 0.6 is 0 Å². The van der Waals surface area contributed by atoms with Gasteiger partial charge >= 0.3 is 0 Å². The zero-order valence-electron chi connectivity index (χ0n) is 15.2. The minimum atomic E-state index is -0.0985. The third-order valence-electron chi connectivity index (χ3n) is 4.12. The highest BCUT2D eigenvalue weighted by atomic mass is 16.2. The van der Waals surface area contributed by atoms with Crippen molar-refractivity contribution in [3.05, 3.63) is 85.2 Å². The minimum absolute atomic E-state index is 0.0985. The van der Waals surface area contributed by atoms with E-state index in [0.29, 0.717) is 18.7 Å². The molecule has 0 radical (unpaired) electrons. The van der Waals surface area contributed by atoms with Crippen LogP contribution in [0.25, 0.3) is 16.8 Å². The molecule has 0 aliphatic rings. The van der Waals surface area contributed by atoms with Crippen LogP contribution in [0.1, 0.15) is 15.9 Å². The molecule has 0 fully saturated rings. The molecule has 27 heavy (non-hydrogen) atoms. The van der Waals surface area contributed by atoms with Gasteiger partial charge in [-0.15, -0.1) is 18.3 Å². The Morgan fingerprint density at radius 2 is 1.89 bits per heavy atom. The van der Waals surface area contributed by atoms with Crippen molar-refractivity contribution in [2.75, 3.05) is 13.1 Å². The number of carbonyl (C=O) groups is 1. The Morgan fingerprint density at radius 1 is 1.11 bits per heavy atom. The Bertz CT molecular complexity index is 952. The highest BCUT2D eigenvalue weighted by molar-refractivity contribution is 5.96. The topological polar surface area (TPSA) is 63.9 Å². The highest BCUT2D eigenvalue weighted by Crippen LogP contribution is 2.25. The van der Waals surface area contributed by atoms with Gasteiger partial charge in [-0.05, 0) is 46.7 Å². The first-order chi connectivity index (χ1) is 13.1. The number of rotatable bonds is 7. The first-order valence-electron chi connectivity index (χ1n) is 8.59. The van der Waals surface area contributed by atoms with Crippen molar-refractivity contribution < 1.29 is 4.79 Å². The molecule has 6 nitrogen and oxygen atoms in total. The summed E-state index contributed by atoms with van der Waals surface area (Å²) in [5, 5.41) is 11.3. The van der Waals surface area contributed by atoms with Crippen LogP contribution in [0.4, 0.5) is 0 Å². The van der Waals surface area contributed by atoms with Gasteiger partial charge in [0.2, 0.25) is 0 Å². The van der Waals surface area contributed by atoms with Crippen LogP contribution in [0.3, 0.4) is 0 Å². The third-order valence-corrected chi connectivity index (χ3v) is 4.12. The van der Waals surface area contributed by atoms with E-state index < -0.39 is 0 Å². The Morgan fingerprint density at radius 3 is 2.52 bits per heavy atom. The van der Waals surface area contributed by atoms with E-state index in [0.717, 1.165) is 22.4 Å². The fourth-order valence-corrected chi connectivity index (χ4v) is 2.87. The van der Waals surface area contributed by atoms with Crippen molar-refractivity contribution in [1.29, 1.82) is 0 Å². The molecule has 0 atom stereocenters. The first-order valence-corrected chi connectivity index (χ1v) is 8.59. The number of tetrazole rings is 1. The average molecular weight is 359 g/mol. The van der Waals surface area contributed by atoms with Gasteiger partial charge in [0.1, 0.15) is 6.33 Å². The van der Waals surface area contributed by atoms with E-state index in [1.807, 2.05) is 37.3 Å². The van der Waals surface area contributed by atoms with Gasteiger partial charge in [-0.25, -0.2) is 4.68 Å². The molecule has 6 heteroatoms. The molecule has 1 amide bonds. The van der Waals surface area contributed by atoms with Crippen molar-refractivity contribution in [1.82, 2.24) is 25.1 Å². The molecule has 1 heterocycles. The van der Waals surface area contributed by atoms with Crippen molar-refractivity contribution in [3.8, 4) is 16.8 Å². The molecular weight excluding hydrogens is 338 g/mol. The van der Waals surface area contributed by atoms with E-state index in [-0.39, 0.29) is 5.91 Å². The fraction of sp³-hybridized carbons (Fsp3) is 0.143. The number of nitrogens with zero attached hydrogens (tertiary/aromatic N) is 5. The predicted molar refractivity (Wildman–Crippen MR) is 106 cm³/mol. The van der Waals surface area contributed by atoms with Crippen LogP contribution in [-0.4, -0.2) is 44.1 Å². The molecule has 3 rings (SSSR count). The Hall–Kier alpha value is -3.54. The van der Waals surface area contributed by atoms with Gasteiger partial charge in [0, 0.05) is 18.7 Å². The van der Waals surface area contributed by atoms with E-state index >= 15 is 0 Å². The lowest BCUT2D eigenvalue weighted by Crippen LogP contribution is -2.31. The Balaban J connectivity index is 2.11. The summed E-state index contributed by atoms with van der Waals surface area (Å²) in [6.07, 6.45) is 4.91. The predicted octanol–water partition coefficient (Wildman–Crippen LogP) is 3.45. The number of aromatic nitrogens is 4. The van der Waals surface area contributed by atoms with E-state index in [4.69, 9.17) is 0 Å². The summed E-state index contributed by atoms with van der Waals surface area (Å²) in [6.45, 7) is 10.4. The monoisotopic (exact) mass is 359 g/mol. The van der Waals surface area contributed by atoms with Crippen molar-refractivity contribution >= 4 is 5.91 Å². The molecule has 0 spiro atoms. The molecule has 0 bridgehead atoms. The quantitative estimate of drug-likeness (QED) is 0.606. The summed E-state index contributed by atoms with van der Waals surface area (Å²) in [6, 6.07) is 13.8. The molecule has 3 aromatic rings. The molecule has 0 saturated carbocycles. The van der Waals surface area contributed by atoms with Crippen molar-refractivity contribution in [2.24, 2.45) is 0 Å². The molecule has 0 aliphatic carbocycles. The maximum absolute atomic E-state index is 13.1. The summed E-state index contributed by atoms with van der Waals surface area (Å²) < 4.78 is 1.54. The van der Waals surface area contributed by atoms with Crippen LogP contribution in [0.2, 0.25) is 0 Å². The zero-order chi connectivity index (χ0) is 19.2. The normalized spacial score (nSPS) is 10.4. The Kier molecular flexibility index (Phi) is 5.56. The lowest BCUT2D eigenvalue weighted by atomic mass is 10.00. The number of hydrogen-bond donors (Lipinski definition) is 0. The molecule has 0 saturated heterocycles. The van der Waals surface area contributed by atoms with Crippen LogP contribution in [0.15, 0.2) is 74.1 Å². The van der Waals surface area contributed by atoms with Gasteiger partial charge in [0.15, 0.2) is 0 Å². The first kappa shape index (κ1) is 18.3. The molecule has 1 aromatic heterocycles. The number of carbonyl (C=O) groups excluding carboxylic acids is 1. The largest absolute Gasteiger partial charge is 0.331 e. The zero-order valence-corrected chi connectivity index (χ0v) is 15.2. The standard InChI is InChI=1S/C21H21N5O/c1-4-9-25(10-5-2)21(27)19-12-18(17-8-6-7-16(3)11-17)13-20(14-19)26-15-22-23-24-26/h4-8,11-15H,1-2,9-10H2,3H3. The minimum Gasteiger partial charge on any atom is -0.331 e. The van der Waals surface area contributed by atoms with Gasteiger partial charge in [-0.1, -0.05) is 42.0 Å². The maximum Gasteiger partial charge on any atom is 0.254 e. The fourth-order valence-electron chi connectivity index (χ4n) is 2.87. The molecular formula is C21H21N5O. The van der Waals surface area contributed by atoms with E-state index in [1.165, 1.54) is 6.33 Å². The second-order valence-corrected chi connectivity index (χ2v) is 6.18. The smallest absolute Gasteiger partial charge is 0.254 e. The molecule has 0 unspecified atom stereocenters. The lowest BCUT2D eigenvalue weighted by molar-refractivity contribution is 0.0791. The Labute approximate surface area is 158 Å². The SMILES string of the molecule is C=CCN(CC=C)C(=O)c1cc(-c2cccc(C)c2)cc(-n2cnnn2)c1. The summed E-state index contributed by atoms with van der Waals surface area (Å²) in [7, 11) is 0. The van der Waals surface area contributed by atoms with E-state index in [1.54, 1.807) is 27.8 Å². The number of amides is 1. The van der Waals surface area contributed by atoms with E-state index in [2.05, 4.69) is 34.7 Å². The lowest BCUT2D eigenvalue weighted by Gasteiger charge is -2.20.